The van der Waals surface area contributed by atoms with Crippen molar-refractivity contribution < 1.29 is 14.4 Å². The number of nitrogens with one attached hydrogen (secondary N) is 1. The molecule has 2 aliphatic rings. The topological polar surface area (TPSA) is 70.8 Å². The average molecular weight is 466 g/mol. The Morgan fingerprint density at radius 3 is 2.41 bits per heavy atom. The van der Waals surface area contributed by atoms with E-state index in [0.717, 1.165) is 78.9 Å². The van der Waals surface area contributed by atoms with Crippen LogP contribution >= 0.6 is 0 Å². The van der Waals surface area contributed by atoms with Crippen molar-refractivity contribution in [3.8, 4) is 11.5 Å². The van der Waals surface area contributed by atoms with Gasteiger partial charge in [0.15, 0.2) is 5.58 Å². The molecule has 2 aromatic carbocycles. The van der Waals surface area contributed by atoms with Crippen LogP contribution in [0.4, 0.5) is 0 Å². The first-order valence-electron chi connectivity index (χ1n) is 12.7. The smallest absolute Gasteiger partial charge is 0.173 e. The Hall–Kier alpha value is -2.57. The van der Waals surface area contributed by atoms with Gasteiger partial charge in [-0.15, -0.1) is 0 Å². The number of aryl methyl sites for hydroxylation is 2. The molecule has 3 aromatic rings. The second-order valence-electron chi connectivity index (χ2n) is 9.87. The molecule has 2 fully saturated rings. The maximum absolute atomic E-state index is 9.44. The molecule has 0 spiro atoms. The zero-order valence-corrected chi connectivity index (χ0v) is 20.8. The lowest BCUT2D eigenvalue weighted by molar-refractivity contribution is 0.172. The quantitative estimate of drug-likeness (QED) is 0.470. The van der Waals surface area contributed by atoms with Gasteiger partial charge >= 0.3 is 0 Å². The molecule has 0 amide bonds. The van der Waals surface area contributed by atoms with E-state index < -0.39 is 0 Å². The molecule has 184 valence electrons. The fraction of sp³-hybridized carbons (Fsp3) is 0.536. The van der Waals surface area contributed by atoms with E-state index in [1.807, 2.05) is 26.2 Å². The number of fused-ring (bicyclic) bond motifs is 1. The van der Waals surface area contributed by atoms with Gasteiger partial charge in [-0.3, -0.25) is 4.90 Å². The molecule has 1 aromatic heterocycles. The largest absolute Gasteiger partial charge is 0.508 e. The van der Waals surface area contributed by atoms with Gasteiger partial charge in [0.25, 0.3) is 0 Å². The minimum Gasteiger partial charge on any atom is -0.508 e. The Balaban J connectivity index is 0.000000868. The molecule has 5 rings (SSSR count). The zero-order chi connectivity index (χ0) is 23.9. The van der Waals surface area contributed by atoms with E-state index in [-0.39, 0.29) is 0 Å². The van der Waals surface area contributed by atoms with Crippen LogP contribution in [0.1, 0.15) is 48.9 Å². The second-order valence-corrected chi connectivity index (χ2v) is 9.87. The molecule has 1 saturated carbocycles. The number of phenolic OH excluding ortho intramolecular Hbond substituents is 1. The SMILES string of the molecule is CNC.Cc1c(OCC2CC2)ccc2c(CCC3CCN(Cc4ccc(O)cc4)CC3)noc12. The molecule has 0 bridgehead atoms. The van der Waals surface area contributed by atoms with Crippen molar-refractivity contribution in [3.63, 3.8) is 0 Å². The molecule has 1 aliphatic heterocycles. The molecule has 34 heavy (non-hydrogen) atoms. The standard InChI is InChI=1S/C26H32N2O3.C2H7N/c1-18-25(30-17-21-2-3-21)11-9-23-24(27-31-26(18)23)10-6-19-12-14-28(15-13-19)16-20-4-7-22(29)8-5-20;1-3-2/h4-5,7-9,11,19,21,29H,2-3,6,10,12-17H2,1H3;3H,1-2H3. The van der Waals surface area contributed by atoms with Crippen LogP contribution in [0.25, 0.3) is 11.0 Å². The summed E-state index contributed by atoms with van der Waals surface area (Å²) in [5, 5.41) is 17.7. The normalized spacial score (nSPS) is 16.9. The van der Waals surface area contributed by atoms with Crippen molar-refractivity contribution in [2.24, 2.45) is 11.8 Å². The fourth-order valence-corrected chi connectivity index (χ4v) is 4.63. The molecule has 1 aliphatic carbocycles. The van der Waals surface area contributed by atoms with E-state index in [2.05, 4.69) is 34.4 Å². The zero-order valence-electron chi connectivity index (χ0n) is 20.8. The van der Waals surface area contributed by atoms with E-state index in [1.165, 1.54) is 31.2 Å². The van der Waals surface area contributed by atoms with Crippen LogP contribution < -0.4 is 10.1 Å². The van der Waals surface area contributed by atoms with Crippen LogP contribution in [0.2, 0.25) is 0 Å². The van der Waals surface area contributed by atoms with Gasteiger partial charge in [0.2, 0.25) is 0 Å². The van der Waals surface area contributed by atoms with Crippen molar-refractivity contribution in [3.05, 3.63) is 53.2 Å². The number of nitrogens with zero attached hydrogens (tertiary/aromatic N) is 2. The number of hydrogen-bond donors (Lipinski definition) is 2. The van der Waals surface area contributed by atoms with E-state index >= 15 is 0 Å². The highest BCUT2D eigenvalue weighted by Crippen LogP contribution is 2.34. The highest BCUT2D eigenvalue weighted by molar-refractivity contribution is 5.84. The Bertz CT molecular complexity index is 1030. The highest BCUT2D eigenvalue weighted by atomic mass is 16.5. The third-order valence-electron chi connectivity index (χ3n) is 6.92. The summed E-state index contributed by atoms with van der Waals surface area (Å²) >= 11 is 0. The maximum atomic E-state index is 9.44. The summed E-state index contributed by atoms with van der Waals surface area (Å²) < 4.78 is 11.7. The highest BCUT2D eigenvalue weighted by Gasteiger charge is 2.23. The van der Waals surface area contributed by atoms with Crippen LogP contribution in [-0.4, -0.2) is 49.0 Å². The van der Waals surface area contributed by atoms with E-state index in [1.54, 1.807) is 12.1 Å². The molecule has 1 saturated heterocycles. The van der Waals surface area contributed by atoms with Gasteiger partial charge in [0, 0.05) is 17.5 Å². The number of rotatable bonds is 8. The predicted molar refractivity (Wildman–Crippen MR) is 136 cm³/mol. The first-order valence-corrected chi connectivity index (χ1v) is 12.7. The minimum absolute atomic E-state index is 0.333. The Labute approximate surface area is 203 Å². The predicted octanol–water partition coefficient (Wildman–Crippen LogP) is 5.31. The molecular formula is C28H39N3O3. The lowest BCUT2D eigenvalue weighted by atomic mass is 9.91. The van der Waals surface area contributed by atoms with Crippen LogP contribution in [0, 0.1) is 18.8 Å². The number of phenols is 1. The van der Waals surface area contributed by atoms with Crippen molar-refractivity contribution in [1.29, 1.82) is 0 Å². The van der Waals surface area contributed by atoms with Crippen molar-refractivity contribution >= 4 is 11.0 Å². The lowest BCUT2D eigenvalue weighted by Gasteiger charge is -2.32. The number of benzene rings is 2. The molecule has 6 heteroatoms. The summed E-state index contributed by atoms with van der Waals surface area (Å²) in [5.41, 5.74) is 4.30. The van der Waals surface area contributed by atoms with Gasteiger partial charge in [-0.1, -0.05) is 17.3 Å². The average Bonchev–Trinajstić information content (AvgIpc) is 3.58. The van der Waals surface area contributed by atoms with Gasteiger partial charge < -0.3 is 19.7 Å². The summed E-state index contributed by atoms with van der Waals surface area (Å²) in [6.07, 6.45) is 7.18. The Morgan fingerprint density at radius 1 is 1.03 bits per heavy atom. The van der Waals surface area contributed by atoms with Crippen molar-refractivity contribution in [2.45, 2.75) is 52.0 Å². The van der Waals surface area contributed by atoms with Crippen molar-refractivity contribution in [2.75, 3.05) is 33.8 Å². The summed E-state index contributed by atoms with van der Waals surface area (Å²) in [4.78, 5) is 2.51. The number of likely N-dealkylation sites (tertiary alicyclic amines) is 1. The van der Waals surface area contributed by atoms with Crippen LogP contribution in [0.5, 0.6) is 11.5 Å². The van der Waals surface area contributed by atoms with E-state index in [0.29, 0.717) is 5.75 Å². The third kappa shape index (κ3) is 6.51. The fourth-order valence-electron chi connectivity index (χ4n) is 4.63. The van der Waals surface area contributed by atoms with Crippen LogP contribution in [0.3, 0.4) is 0 Å². The molecule has 0 atom stereocenters. The number of piperidine rings is 1. The van der Waals surface area contributed by atoms with Gasteiger partial charge in [0.05, 0.1) is 12.3 Å². The van der Waals surface area contributed by atoms with Gasteiger partial charge in [0.1, 0.15) is 11.5 Å². The monoisotopic (exact) mass is 465 g/mol. The molecular weight excluding hydrogens is 426 g/mol. The van der Waals surface area contributed by atoms with Crippen LogP contribution in [0.15, 0.2) is 40.9 Å². The van der Waals surface area contributed by atoms with Gasteiger partial charge in [-0.05, 0) is 114 Å². The second kappa shape index (κ2) is 11.7. The summed E-state index contributed by atoms with van der Waals surface area (Å²) in [5.74, 6) is 2.75. The number of hydrogen-bond acceptors (Lipinski definition) is 6. The maximum Gasteiger partial charge on any atom is 0.173 e. The molecule has 0 radical (unpaired) electrons. The number of aromatic nitrogens is 1. The summed E-state index contributed by atoms with van der Waals surface area (Å²) in [6, 6.07) is 11.8. The minimum atomic E-state index is 0.333. The summed E-state index contributed by atoms with van der Waals surface area (Å²) in [7, 11) is 3.75. The third-order valence-corrected chi connectivity index (χ3v) is 6.92. The van der Waals surface area contributed by atoms with E-state index in [4.69, 9.17) is 9.26 Å². The molecule has 0 unspecified atom stereocenters. The summed E-state index contributed by atoms with van der Waals surface area (Å²) in [6.45, 7) is 6.12. The first-order chi connectivity index (χ1) is 16.6. The number of aromatic hydroxyl groups is 1. The molecule has 6 nitrogen and oxygen atoms in total. The first kappa shape index (κ1) is 24.6. The molecule has 2 N–H and O–H groups in total. The van der Waals surface area contributed by atoms with E-state index in [9.17, 15) is 5.11 Å². The van der Waals surface area contributed by atoms with Gasteiger partial charge in [-0.2, -0.15) is 0 Å². The van der Waals surface area contributed by atoms with Crippen molar-refractivity contribution in [1.82, 2.24) is 15.4 Å². The van der Waals surface area contributed by atoms with Gasteiger partial charge in [-0.25, -0.2) is 0 Å². The lowest BCUT2D eigenvalue weighted by Crippen LogP contribution is -2.33. The molecule has 2 heterocycles. The van der Waals surface area contributed by atoms with Crippen LogP contribution in [-0.2, 0) is 13.0 Å². The Kier molecular flexibility index (Phi) is 8.46. The Morgan fingerprint density at radius 2 is 1.74 bits per heavy atom. The number of ether oxygens (including phenoxy) is 1.